The van der Waals surface area contributed by atoms with E-state index in [1.807, 2.05) is 0 Å². The Morgan fingerprint density at radius 2 is 1.89 bits per heavy atom. The van der Waals surface area contributed by atoms with E-state index < -0.39 is 5.97 Å². The molecule has 0 amide bonds. The van der Waals surface area contributed by atoms with Crippen molar-refractivity contribution < 1.29 is 14.6 Å². The van der Waals surface area contributed by atoms with Crippen LogP contribution in [0.1, 0.15) is 15.9 Å². The molecule has 98 valence electrons. The lowest BCUT2D eigenvalue weighted by Gasteiger charge is -2.09. The SMILES string of the molecule is Nc1ccc(Cl)c(OCc2ccc(C(=O)O)cc2)c1. The summed E-state index contributed by atoms with van der Waals surface area (Å²) in [6.45, 7) is 0.295. The van der Waals surface area contributed by atoms with Gasteiger partial charge in [0.05, 0.1) is 10.6 Å². The molecule has 0 atom stereocenters. The van der Waals surface area contributed by atoms with E-state index in [1.165, 1.54) is 12.1 Å². The minimum Gasteiger partial charge on any atom is -0.487 e. The zero-order valence-electron chi connectivity index (χ0n) is 9.97. The maximum absolute atomic E-state index is 10.7. The fraction of sp³-hybridized carbons (Fsp3) is 0.0714. The predicted octanol–water partition coefficient (Wildman–Crippen LogP) is 3.20. The summed E-state index contributed by atoms with van der Waals surface area (Å²) in [4.78, 5) is 10.7. The van der Waals surface area contributed by atoms with E-state index in [2.05, 4.69) is 0 Å². The molecule has 0 radical (unpaired) electrons. The Morgan fingerprint density at radius 3 is 2.53 bits per heavy atom. The van der Waals surface area contributed by atoms with Crippen LogP contribution in [0.5, 0.6) is 5.75 Å². The number of aromatic carboxylic acids is 1. The van der Waals surface area contributed by atoms with Crippen LogP contribution in [0.25, 0.3) is 0 Å². The molecule has 4 nitrogen and oxygen atoms in total. The van der Waals surface area contributed by atoms with Crippen LogP contribution in [0.3, 0.4) is 0 Å². The molecule has 5 heteroatoms. The molecule has 0 bridgehead atoms. The van der Waals surface area contributed by atoms with Crippen LogP contribution in [-0.4, -0.2) is 11.1 Å². The summed E-state index contributed by atoms with van der Waals surface area (Å²) in [6, 6.07) is 11.5. The van der Waals surface area contributed by atoms with Crippen LogP contribution in [0.15, 0.2) is 42.5 Å². The zero-order valence-corrected chi connectivity index (χ0v) is 10.7. The summed E-state index contributed by atoms with van der Waals surface area (Å²) in [5.41, 5.74) is 7.31. The molecule has 19 heavy (non-hydrogen) atoms. The van der Waals surface area contributed by atoms with Crippen molar-refractivity contribution in [2.24, 2.45) is 0 Å². The van der Waals surface area contributed by atoms with E-state index in [4.69, 9.17) is 27.2 Å². The first-order chi connectivity index (χ1) is 9.06. The van der Waals surface area contributed by atoms with E-state index in [-0.39, 0.29) is 5.56 Å². The number of carboxylic acid groups (broad SMARTS) is 1. The second-order valence-corrected chi connectivity index (χ2v) is 4.39. The van der Waals surface area contributed by atoms with Gasteiger partial charge in [-0.3, -0.25) is 0 Å². The Labute approximate surface area is 115 Å². The third kappa shape index (κ3) is 3.39. The highest BCUT2D eigenvalue weighted by molar-refractivity contribution is 6.32. The lowest BCUT2D eigenvalue weighted by atomic mass is 10.1. The molecule has 0 unspecified atom stereocenters. The predicted molar refractivity (Wildman–Crippen MR) is 73.6 cm³/mol. The molecule has 0 aliphatic carbocycles. The zero-order chi connectivity index (χ0) is 13.8. The molecule has 0 heterocycles. The minimum atomic E-state index is -0.952. The summed E-state index contributed by atoms with van der Waals surface area (Å²) in [6.07, 6.45) is 0. The first-order valence-electron chi connectivity index (χ1n) is 5.56. The van der Waals surface area contributed by atoms with E-state index >= 15 is 0 Å². The van der Waals surface area contributed by atoms with Crippen molar-refractivity contribution in [2.75, 3.05) is 5.73 Å². The summed E-state index contributed by atoms with van der Waals surface area (Å²) in [5, 5.41) is 9.27. The number of ether oxygens (including phenoxy) is 1. The molecule has 2 aromatic carbocycles. The van der Waals surface area contributed by atoms with Crippen molar-refractivity contribution in [2.45, 2.75) is 6.61 Å². The topological polar surface area (TPSA) is 72.5 Å². The highest BCUT2D eigenvalue weighted by atomic mass is 35.5. The lowest BCUT2D eigenvalue weighted by Crippen LogP contribution is -1.99. The van der Waals surface area contributed by atoms with E-state index in [0.29, 0.717) is 23.1 Å². The first kappa shape index (κ1) is 13.2. The molecule has 0 aliphatic heterocycles. The van der Waals surface area contributed by atoms with Crippen LogP contribution in [0.2, 0.25) is 5.02 Å². The van der Waals surface area contributed by atoms with E-state index in [9.17, 15) is 4.79 Å². The summed E-state index contributed by atoms with van der Waals surface area (Å²) in [7, 11) is 0. The quantitative estimate of drug-likeness (QED) is 0.842. The standard InChI is InChI=1S/C14H12ClNO3/c15-12-6-5-11(16)7-13(12)19-8-9-1-3-10(4-2-9)14(17)18/h1-7H,8,16H2,(H,17,18). The molecule has 0 saturated carbocycles. The smallest absolute Gasteiger partial charge is 0.335 e. The molecule has 0 aliphatic rings. The highest BCUT2D eigenvalue weighted by Gasteiger charge is 2.04. The minimum absolute atomic E-state index is 0.241. The van der Waals surface area contributed by atoms with Gasteiger partial charge in [-0.25, -0.2) is 4.79 Å². The van der Waals surface area contributed by atoms with Crippen LogP contribution in [-0.2, 0) is 6.61 Å². The maximum Gasteiger partial charge on any atom is 0.335 e. The Morgan fingerprint density at radius 1 is 1.21 bits per heavy atom. The van der Waals surface area contributed by atoms with Crippen molar-refractivity contribution in [3.8, 4) is 5.75 Å². The van der Waals surface area contributed by atoms with Gasteiger partial charge in [0.25, 0.3) is 0 Å². The number of rotatable bonds is 4. The Kier molecular flexibility index (Phi) is 3.92. The van der Waals surface area contributed by atoms with Gasteiger partial charge < -0.3 is 15.6 Å². The monoisotopic (exact) mass is 277 g/mol. The van der Waals surface area contributed by atoms with Gasteiger partial charge in [-0.05, 0) is 29.8 Å². The average Bonchev–Trinajstić information content (AvgIpc) is 2.40. The number of benzene rings is 2. The molecule has 0 saturated heterocycles. The number of hydrogen-bond donors (Lipinski definition) is 2. The van der Waals surface area contributed by atoms with Gasteiger partial charge in [0.15, 0.2) is 0 Å². The van der Waals surface area contributed by atoms with Gasteiger partial charge in [0.2, 0.25) is 0 Å². The van der Waals surface area contributed by atoms with Crippen LogP contribution < -0.4 is 10.5 Å². The normalized spacial score (nSPS) is 10.2. The Bertz CT molecular complexity index is 596. The van der Waals surface area contributed by atoms with Gasteiger partial charge in [-0.15, -0.1) is 0 Å². The van der Waals surface area contributed by atoms with Gasteiger partial charge in [0, 0.05) is 11.8 Å². The van der Waals surface area contributed by atoms with Crippen molar-refractivity contribution >= 4 is 23.3 Å². The molecule has 0 fully saturated rings. The van der Waals surface area contributed by atoms with Gasteiger partial charge in [-0.1, -0.05) is 23.7 Å². The average molecular weight is 278 g/mol. The summed E-state index contributed by atoms with van der Waals surface area (Å²) < 4.78 is 5.54. The third-order valence-electron chi connectivity index (χ3n) is 2.55. The van der Waals surface area contributed by atoms with Crippen LogP contribution >= 0.6 is 11.6 Å². The largest absolute Gasteiger partial charge is 0.487 e. The maximum atomic E-state index is 10.7. The summed E-state index contributed by atoms with van der Waals surface area (Å²) in [5.74, 6) is -0.449. The molecule has 0 spiro atoms. The fourth-order valence-electron chi connectivity index (χ4n) is 1.54. The lowest BCUT2D eigenvalue weighted by molar-refractivity contribution is 0.0697. The first-order valence-corrected chi connectivity index (χ1v) is 5.94. The highest BCUT2D eigenvalue weighted by Crippen LogP contribution is 2.27. The number of carboxylic acids is 1. The second kappa shape index (κ2) is 5.63. The Hall–Kier alpha value is -2.20. The number of nitrogen functional groups attached to an aromatic ring is 1. The molecular formula is C14H12ClNO3. The number of halogens is 1. The van der Waals surface area contributed by atoms with E-state index in [1.54, 1.807) is 30.3 Å². The third-order valence-corrected chi connectivity index (χ3v) is 2.86. The number of nitrogens with two attached hydrogens (primary N) is 1. The number of hydrogen-bond acceptors (Lipinski definition) is 3. The van der Waals surface area contributed by atoms with Gasteiger partial charge in [-0.2, -0.15) is 0 Å². The molecular weight excluding hydrogens is 266 g/mol. The van der Waals surface area contributed by atoms with Crippen molar-refractivity contribution in [1.29, 1.82) is 0 Å². The fourth-order valence-corrected chi connectivity index (χ4v) is 1.71. The van der Waals surface area contributed by atoms with Crippen LogP contribution in [0.4, 0.5) is 5.69 Å². The Balaban J connectivity index is 2.06. The van der Waals surface area contributed by atoms with E-state index in [0.717, 1.165) is 5.56 Å². The number of carbonyl (C=O) groups is 1. The molecule has 2 aromatic rings. The van der Waals surface area contributed by atoms with Crippen molar-refractivity contribution in [3.63, 3.8) is 0 Å². The molecule has 0 aromatic heterocycles. The number of anilines is 1. The van der Waals surface area contributed by atoms with Crippen molar-refractivity contribution in [1.82, 2.24) is 0 Å². The molecule has 2 rings (SSSR count). The van der Waals surface area contributed by atoms with Crippen molar-refractivity contribution in [3.05, 3.63) is 58.6 Å². The summed E-state index contributed by atoms with van der Waals surface area (Å²) >= 11 is 5.97. The second-order valence-electron chi connectivity index (χ2n) is 3.98. The van der Waals surface area contributed by atoms with Crippen LogP contribution in [0, 0.1) is 0 Å². The van der Waals surface area contributed by atoms with Gasteiger partial charge in [0.1, 0.15) is 12.4 Å². The van der Waals surface area contributed by atoms with Gasteiger partial charge >= 0.3 is 5.97 Å². The molecule has 3 N–H and O–H groups in total.